The third kappa shape index (κ3) is 5.86. The Morgan fingerprint density at radius 3 is 2.50 bits per heavy atom. The molecule has 4 unspecified atom stereocenters. The van der Waals surface area contributed by atoms with E-state index in [0.29, 0.717) is 70.8 Å². The number of carboxylic acid groups (broad SMARTS) is 1. The molecule has 5 aliphatic rings. The highest BCUT2D eigenvalue weighted by Crippen LogP contribution is 2.60. The van der Waals surface area contributed by atoms with Crippen LogP contribution in [-0.2, 0) is 19.0 Å². The van der Waals surface area contributed by atoms with Gasteiger partial charge in [0, 0.05) is 18.0 Å². The normalized spacial score (nSPS) is 32.2. The molecule has 0 radical (unpaired) electrons. The topological polar surface area (TPSA) is 161 Å². The maximum Gasteiger partial charge on any atom is 0.408 e. The van der Waals surface area contributed by atoms with E-state index in [9.17, 15) is 20.0 Å². The van der Waals surface area contributed by atoms with E-state index in [1.165, 1.54) is 4.90 Å². The average molecular weight is 505 g/mol. The van der Waals surface area contributed by atoms with Gasteiger partial charge in [-0.05, 0) is 68.7 Å². The Kier molecular flexibility index (Phi) is 8.57. The standard InChI is InChI=1S/C24H36N6O6/c25-15-20-2-1-4-29(20)21(31)16-30(22(32)33)23-11-18-10-19(12-23)14-24(13-18,17-23)36-9-8-35-7-6-34-5-3-27-28-26/h18-20H,1-14,16-17H2,(H,32,33)/t18-,19?,20?,23?,24?/m0/s1. The molecular weight excluding hydrogens is 468 g/mol. The van der Waals surface area contributed by atoms with Gasteiger partial charge in [0.15, 0.2) is 0 Å². The van der Waals surface area contributed by atoms with E-state index < -0.39 is 23.3 Å². The molecule has 0 aromatic carbocycles. The SMILES string of the molecule is N#CC1CCCN1C(=O)CN(C(=O)O)C12CC3C[C@H](CC(OCCOCCOCCN=[N+]=[N-])(C3)C1)C2. The fraction of sp³-hybridized carbons (Fsp3) is 0.875. The lowest BCUT2D eigenvalue weighted by Crippen LogP contribution is -2.68. The second kappa shape index (κ2) is 11.6. The second-order valence-electron chi connectivity index (χ2n) is 10.6. The molecule has 0 aromatic heterocycles. The number of hydrogen-bond donors (Lipinski definition) is 1. The van der Waals surface area contributed by atoms with Crippen LogP contribution >= 0.6 is 0 Å². The Balaban J connectivity index is 1.33. The lowest BCUT2D eigenvalue weighted by Gasteiger charge is -2.63. The quantitative estimate of drug-likeness (QED) is 0.174. The molecule has 5 atom stereocenters. The van der Waals surface area contributed by atoms with E-state index in [4.69, 9.17) is 19.7 Å². The fourth-order valence-electron chi connectivity index (χ4n) is 7.27. The van der Waals surface area contributed by atoms with Crippen LogP contribution in [0.4, 0.5) is 4.79 Å². The van der Waals surface area contributed by atoms with Crippen LogP contribution in [0.3, 0.4) is 0 Å². The van der Waals surface area contributed by atoms with Gasteiger partial charge in [-0.2, -0.15) is 5.26 Å². The Morgan fingerprint density at radius 2 is 1.83 bits per heavy atom. The summed E-state index contributed by atoms with van der Waals surface area (Å²) in [6, 6.07) is 1.71. The highest BCUT2D eigenvalue weighted by molar-refractivity contribution is 5.83. The van der Waals surface area contributed by atoms with E-state index in [0.717, 1.165) is 38.5 Å². The van der Waals surface area contributed by atoms with Crippen molar-refractivity contribution in [2.24, 2.45) is 17.0 Å². The van der Waals surface area contributed by atoms with Crippen LogP contribution in [0.15, 0.2) is 5.11 Å². The number of likely N-dealkylation sites (tertiary alicyclic amines) is 1. The highest BCUT2D eigenvalue weighted by atomic mass is 16.6. The summed E-state index contributed by atoms with van der Waals surface area (Å²) >= 11 is 0. The number of carbonyl (C=O) groups is 2. The molecule has 0 spiro atoms. The number of nitrogens with zero attached hydrogens (tertiary/aromatic N) is 6. The molecule has 1 N–H and O–H groups in total. The molecule has 0 aromatic rings. The summed E-state index contributed by atoms with van der Waals surface area (Å²) in [6.45, 7) is 2.60. The van der Waals surface area contributed by atoms with Crippen LogP contribution in [0.5, 0.6) is 0 Å². The van der Waals surface area contributed by atoms with E-state index in [2.05, 4.69) is 16.1 Å². The Hall–Kier alpha value is -2.58. The van der Waals surface area contributed by atoms with Crippen molar-refractivity contribution in [1.29, 1.82) is 5.26 Å². The van der Waals surface area contributed by atoms with E-state index >= 15 is 0 Å². The summed E-state index contributed by atoms with van der Waals surface area (Å²) < 4.78 is 17.3. The second-order valence-corrected chi connectivity index (χ2v) is 10.6. The minimum Gasteiger partial charge on any atom is -0.465 e. The Morgan fingerprint density at radius 1 is 1.14 bits per heavy atom. The zero-order valence-electron chi connectivity index (χ0n) is 20.7. The highest BCUT2D eigenvalue weighted by Gasteiger charge is 2.61. The molecule has 198 valence electrons. The number of azide groups is 1. The molecule has 36 heavy (non-hydrogen) atoms. The van der Waals surface area contributed by atoms with Gasteiger partial charge in [0.05, 0.1) is 50.2 Å². The summed E-state index contributed by atoms with van der Waals surface area (Å²) in [5.74, 6) is 0.488. The van der Waals surface area contributed by atoms with Crippen LogP contribution in [0, 0.1) is 23.2 Å². The summed E-state index contributed by atoms with van der Waals surface area (Å²) in [5, 5.41) is 23.0. The fourth-order valence-corrected chi connectivity index (χ4v) is 7.27. The molecule has 12 nitrogen and oxygen atoms in total. The largest absolute Gasteiger partial charge is 0.465 e. The van der Waals surface area contributed by atoms with Crippen molar-refractivity contribution in [1.82, 2.24) is 9.80 Å². The molecule has 5 fully saturated rings. The number of amides is 2. The van der Waals surface area contributed by atoms with Crippen molar-refractivity contribution in [3.05, 3.63) is 10.4 Å². The molecule has 4 aliphatic carbocycles. The number of nitriles is 1. The third-order valence-corrected chi connectivity index (χ3v) is 8.20. The summed E-state index contributed by atoms with van der Waals surface area (Å²) in [5.41, 5.74) is 7.24. The molecular formula is C24H36N6O6. The molecule has 1 saturated heterocycles. The molecule has 1 heterocycles. The van der Waals surface area contributed by atoms with Gasteiger partial charge in [0.2, 0.25) is 5.91 Å². The van der Waals surface area contributed by atoms with Gasteiger partial charge >= 0.3 is 6.09 Å². The summed E-state index contributed by atoms with van der Waals surface area (Å²) in [4.78, 5) is 31.1. The Bertz CT molecular complexity index is 888. The third-order valence-electron chi connectivity index (χ3n) is 8.20. The number of hydrogen-bond acceptors (Lipinski definition) is 7. The van der Waals surface area contributed by atoms with Crippen LogP contribution in [0.1, 0.15) is 51.4 Å². The van der Waals surface area contributed by atoms with Crippen molar-refractivity contribution < 1.29 is 28.9 Å². The predicted octanol–water partition coefficient (Wildman–Crippen LogP) is 2.93. The van der Waals surface area contributed by atoms with Crippen molar-refractivity contribution in [3.63, 3.8) is 0 Å². The number of rotatable bonds is 13. The molecule has 4 bridgehead atoms. The zero-order valence-corrected chi connectivity index (χ0v) is 20.7. The van der Waals surface area contributed by atoms with Gasteiger partial charge in [0.25, 0.3) is 0 Å². The van der Waals surface area contributed by atoms with E-state index in [1.807, 2.05) is 0 Å². The first-order chi connectivity index (χ1) is 17.4. The first-order valence-electron chi connectivity index (χ1n) is 12.9. The van der Waals surface area contributed by atoms with Gasteiger partial charge in [-0.25, -0.2) is 4.79 Å². The average Bonchev–Trinajstić information content (AvgIpc) is 3.31. The van der Waals surface area contributed by atoms with Crippen molar-refractivity contribution in [2.75, 3.05) is 52.7 Å². The van der Waals surface area contributed by atoms with Crippen molar-refractivity contribution >= 4 is 12.0 Å². The van der Waals surface area contributed by atoms with Gasteiger partial charge in [-0.1, -0.05) is 5.11 Å². The van der Waals surface area contributed by atoms with Crippen LogP contribution < -0.4 is 0 Å². The number of carbonyl (C=O) groups excluding carboxylic acids is 1. The first kappa shape index (κ1) is 26.5. The van der Waals surface area contributed by atoms with Crippen LogP contribution in [0.25, 0.3) is 10.4 Å². The lowest BCUT2D eigenvalue weighted by molar-refractivity contribution is -0.200. The maximum absolute atomic E-state index is 13.1. The zero-order chi connectivity index (χ0) is 25.6. The smallest absolute Gasteiger partial charge is 0.408 e. The monoisotopic (exact) mass is 504 g/mol. The van der Waals surface area contributed by atoms with Crippen molar-refractivity contribution in [3.8, 4) is 6.07 Å². The molecule has 4 saturated carbocycles. The van der Waals surface area contributed by atoms with Gasteiger partial charge < -0.3 is 24.2 Å². The van der Waals surface area contributed by atoms with Crippen molar-refractivity contribution in [2.45, 2.75) is 68.5 Å². The lowest BCUT2D eigenvalue weighted by atomic mass is 9.50. The minimum atomic E-state index is -1.07. The van der Waals surface area contributed by atoms with E-state index in [1.54, 1.807) is 4.90 Å². The van der Waals surface area contributed by atoms with Gasteiger partial charge in [-0.3, -0.25) is 9.69 Å². The van der Waals surface area contributed by atoms with Crippen LogP contribution in [-0.4, -0.2) is 96.8 Å². The minimum absolute atomic E-state index is 0.203. The molecule has 2 amide bonds. The summed E-state index contributed by atoms with van der Waals surface area (Å²) in [6.07, 6.45) is 5.38. The van der Waals surface area contributed by atoms with E-state index in [-0.39, 0.29) is 12.5 Å². The van der Waals surface area contributed by atoms with Gasteiger partial charge in [0.1, 0.15) is 12.6 Å². The molecule has 12 heteroatoms. The predicted molar refractivity (Wildman–Crippen MR) is 127 cm³/mol. The molecule has 1 aliphatic heterocycles. The summed E-state index contributed by atoms with van der Waals surface area (Å²) in [7, 11) is 0. The number of ether oxygens (including phenoxy) is 3. The molecule has 5 rings (SSSR count). The first-order valence-corrected chi connectivity index (χ1v) is 12.9. The maximum atomic E-state index is 13.1. The van der Waals surface area contributed by atoms with Crippen LogP contribution in [0.2, 0.25) is 0 Å². The Labute approximate surface area is 211 Å². The van der Waals surface area contributed by atoms with Gasteiger partial charge in [-0.15, -0.1) is 0 Å².